The molecule has 98 valence electrons. The van der Waals surface area contributed by atoms with Crippen molar-refractivity contribution in [3.05, 3.63) is 17.5 Å². The van der Waals surface area contributed by atoms with E-state index in [1.165, 1.54) is 10.7 Å². The van der Waals surface area contributed by atoms with Gasteiger partial charge in [0.1, 0.15) is 0 Å². The quantitative estimate of drug-likeness (QED) is 0.469. The molecule has 0 spiro atoms. The van der Waals surface area contributed by atoms with E-state index in [2.05, 4.69) is 27.5 Å². The van der Waals surface area contributed by atoms with Gasteiger partial charge in [-0.3, -0.25) is 4.68 Å². The average molecular weight is 275 g/mol. The minimum atomic E-state index is -4.37. The van der Waals surface area contributed by atoms with E-state index in [0.29, 0.717) is 25.2 Å². The summed E-state index contributed by atoms with van der Waals surface area (Å²) in [5, 5.41) is 5.88. The molecule has 0 radical (unpaired) electrons. The molecule has 1 aliphatic carbocycles. The molecule has 0 atom stereocenters. The highest BCUT2D eigenvalue weighted by Crippen LogP contribution is 2.42. The number of aliphatic imine (C=N–C) groups is 1. The second-order valence-corrected chi connectivity index (χ2v) is 4.46. The van der Waals surface area contributed by atoms with E-state index in [9.17, 15) is 13.2 Å². The summed E-state index contributed by atoms with van der Waals surface area (Å²) < 4.78 is 39.2. The van der Waals surface area contributed by atoms with Gasteiger partial charge in [0.2, 0.25) is 0 Å². The number of hydrogen-bond donors (Lipinski definition) is 0. The van der Waals surface area contributed by atoms with Gasteiger partial charge in [-0.2, -0.15) is 18.3 Å². The van der Waals surface area contributed by atoms with Crippen LogP contribution in [0.3, 0.4) is 0 Å². The average Bonchev–Trinajstić information content (AvgIpc) is 3.04. The third-order valence-corrected chi connectivity index (χ3v) is 2.93. The molecule has 0 bridgehead atoms. The number of aryl methyl sites for hydroxylation is 1. The largest absolute Gasteiger partial charge is 0.435 e. The Morgan fingerprint density at radius 3 is 2.78 bits per heavy atom. The van der Waals surface area contributed by atoms with Gasteiger partial charge >= 0.3 is 6.18 Å². The smallest absolute Gasteiger partial charge is 0.269 e. The Balaban J connectivity index is 2.11. The number of thiocarbonyl (C=S) groups is 1. The fourth-order valence-corrected chi connectivity index (χ4v) is 1.89. The van der Waals surface area contributed by atoms with E-state index in [1.54, 1.807) is 0 Å². The molecule has 1 fully saturated rings. The molecule has 7 heteroatoms. The van der Waals surface area contributed by atoms with Crippen molar-refractivity contribution >= 4 is 17.4 Å². The minimum absolute atomic E-state index is 0.239. The highest BCUT2D eigenvalue weighted by molar-refractivity contribution is 7.78. The zero-order valence-corrected chi connectivity index (χ0v) is 10.4. The van der Waals surface area contributed by atoms with Crippen LogP contribution in [0.15, 0.2) is 11.1 Å². The molecule has 0 aliphatic heterocycles. The third-order valence-electron chi connectivity index (χ3n) is 2.80. The lowest BCUT2D eigenvalue weighted by molar-refractivity contribution is -0.141. The summed E-state index contributed by atoms with van der Waals surface area (Å²) in [6.07, 6.45) is -1.87. The van der Waals surface area contributed by atoms with Crippen molar-refractivity contribution in [2.24, 2.45) is 4.99 Å². The molecule has 1 saturated carbocycles. The summed E-state index contributed by atoms with van der Waals surface area (Å²) in [5.74, 6) is 0.239. The van der Waals surface area contributed by atoms with Gasteiger partial charge in [-0.1, -0.05) is 0 Å². The second-order valence-electron chi connectivity index (χ2n) is 4.28. The maximum atomic E-state index is 12.6. The zero-order valence-electron chi connectivity index (χ0n) is 9.57. The Morgan fingerprint density at radius 2 is 2.22 bits per heavy atom. The van der Waals surface area contributed by atoms with E-state index in [0.717, 1.165) is 12.8 Å². The summed E-state index contributed by atoms with van der Waals surface area (Å²) in [5.41, 5.74) is -0.114. The van der Waals surface area contributed by atoms with Crippen molar-refractivity contribution in [3.63, 3.8) is 0 Å². The number of nitrogens with zero attached hydrogens (tertiary/aromatic N) is 3. The molecule has 3 nitrogen and oxygen atoms in total. The van der Waals surface area contributed by atoms with Crippen LogP contribution in [-0.2, 0) is 12.7 Å². The number of halogens is 3. The summed E-state index contributed by atoms with van der Waals surface area (Å²) in [6, 6.07) is 1.17. The number of isothiocyanates is 1. The number of hydrogen-bond acceptors (Lipinski definition) is 3. The Morgan fingerprint density at radius 1 is 1.50 bits per heavy atom. The van der Waals surface area contributed by atoms with E-state index < -0.39 is 11.9 Å². The fourth-order valence-electron chi connectivity index (χ4n) is 1.80. The molecule has 1 heterocycles. The Bertz CT molecular complexity index is 470. The second kappa shape index (κ2) is 5.20. The highest BCUT2D eigenvalue weighted by Gasteiger charge is 2.37. The van der Waals surface area contributed by atoms with Crippen LogP contribution < -0.4 is 0 Å². The monoisotopic (exact) mass is 275 g/mol. The maximum Gasteiger partial charge on any atom is 0.435 e. The summed E-state index contributed by atoms with van der Waals surface area (Å²) in [6.45, 7) is 0.900. The Hall–Kier alpha value is -1.20. The van der Waals surface area contributed by atoms with Gasteiger partial charge in [-0.15, -0.1) is 0 Å². The summed E-state index contributed by atoms with van der Waals surface area (Å²) in [4.78, 5) is 3.73. The lowest BCUT2D eigenvalue weighted by Crippen LogP contribution is -2.09. The first-order valence-electron chi connectivity index (χ1n) is 5.71. The first kappa shape index (κ1) is 13.2. The number of alkyl halides is 3. The molecule has 2 rings (SSSR count). The van der Waals surface area contributed by atoms with Crippen molar-refractivity contribution in [1.82, 2.24) is 9.78 Å². The molecule has 1 aromatic heterocycles. The summed E-state index contributed by atoms with van der Waals surface area (Å²) in [7, 11) is 0. The van der Waals surface area contributed by atoms with Crippen molar-refractivity contribution in [2.75, 3.05) is 6.54 Å². The van der Waals surface area contributed by atoms with Crippen molar-refractivity contribution in [3.8, 4) is 0 Å². The van der Waals surface area contributed by atoms with Crippen molar-refractivity contribution in [1.29, 1.82) is 0 Å². The SMILES string of the molecule is FC(F)(F)c1cc(C2CC2)n(CCCN=C=S)n1. The molecule has 0 N–H and O–H groups in total. The maximum absolute atomic E-state index is 12.6. The molecular weight excluding hydrogens is 263 g/mol. The molecule has 0 amide bonds. The van der Waals surface area contributed by atoms with Gasteiger partial charge in [0.25, 0.3) is 0 Å². The van der Waals surface area contributed by atoms with Gasteiger partial charge in [0.05, 0.1) is 11.7 Å². The van der Waals surface area contributed by atoms with Crippen LogP contribution in [0.4, 0.5) is 13.2 Å². The van der Waals surface area contributed by atoms with Crippen LogP contribution in [0.25, 0.3) is 0 Å². The molecule has 0 saturated heterocycles. The van der Waals surface area contributed by atoms with Crippen LogP contribution >= 0.6 is 12.2 Å². The summed E-state index contributed by atoms with van der Waals surface area (Å²) >= 11 is 4.42. The lowest BCUT2D eigenvalue weighted by atomic mass is 10.2. The van der Waals surface area contributed by atoms with E-state index in [4.69, 9.17) is 0 Å². The van der Waals surface area contributed by atoms with Crippen LogP contribution in [0, 0.1) is 0 Å². The standard InChI is InChI=1S/C11H12F3N3S/c12-11(13,14)10-6-9(8-2-3-8)17(16-10)5-1-4-15-7-18/h6,8H,1-5H2. The molecule has 1 aromatic rings. The lowest BCUT2D eigenvalue weighted by Gasteiger charge is -2.04. The molecule has 1 aliphatic rings. The highest BCUT2D eigenvalue weighted by atomic mass is 32.1. The predicted molar refractivity (Wildman–Crippen MR) is 63.7 cm³/mol. The molecule has 0 unspecified atom stereocenters. The van der Waals surface area contributed by atoms with Gasteiger partial charge in [-0.25, -0.2) is 4.99 Å². The third kappa shape index (κ3) is 3.17. The van der Waals surface area contributed by atoms with Crippen molar-refractivity contribution < 1.29 is 13.2 Å². The van der Waals surface area contributed by atoms with Crippen LogP contribution in [-0.4, -0.2) is 21.5 Å². The first-order valence-corrected chi connectivity index (χ1v) is 6.12. The molecule has 0 aromatic carbocycles. The van der Waals surface area contributed by atoms with Crippen LogP contribution in [0.1, 0.15) is 36.6 Å². The zero-order chi connectivity index (χ0) is 13.2. The molecule has 18 heavy (non-hydrogen) atoms. The van der Waals surface area contributed by atoms with Crippen LogP contribution in [0.5, 0.6) is 0 Å². The Kier molecular flexibility index (Phi) is 3.82. The van der Waals surface area contributed by atoms with Gasteiger partial charge in [0, 0.05) is 18.2 Å². The number of rotatable bonds is 5. The Labute approximate surface area is 108 Å². The van der Waals surface area contributed by atoms with Gasteiger partial charge in [0.15, 0.2) is 5.69 Å². The number of aromatic nitrogens is 2. The topological polar surface area (TPSA) is 30.2 Å². The van der Waals surface area contributed by atoms with E-state index in [1.807, 2.05) is 0 Å². The first-order chi connectivity index (χ1) is 8.52. The normalized spacial score (nSPS) is 15.5. The van der Waals surface area contributed by atoms with E-state index >= 15 is 0 Å². The van der Waals surface area contributed by atoms with Gasteiger partial charge in [-0.05, 0) is 37.5 Å². The van der Waals surface area contributed by atoms with Crippen LogP contribution in [0.2, 0.25) is 0 Å². The predicted octanol–water partition coefficient (Wildman–Crippen LogP) is 3.27. The minimum Gasteiger partial charge on any atom is -0.269 e. The van der Waals surface area contributed by atoms with Crippen molar-refractivity contribution in [2.45, 2.75) is 37.9 Å². The van der Waals surface area contributed by atoms with Gasteiger partial charge < -0.3 is 0 Å². The fraction of sp³-hybridized carbons (Fsp3) is 0.636. The van der Waals surface area contributed by atoms with E-state index in [-0.39, 0.29) is 5.92 Å². The molecular formula is C11H12F3N3S.